The minimum atomic E-state index is -5.24. The van der Waals surface area contributed by atoms with Gasteiger partial charge in [-0.2, -0.15) is 30.6 Å². The van der Waals surface area contributed by atoms with Gasteiger partial charge in [0.05, 0.1) is 23.9 Å². The van der Waals surface area contributed by atoms with Gasteiger partial charge in [0.2, 0.25) is 0 Å². The summed E-state index contributed by atoms with van der Waals surface area (Å²) in [5.41, 5.74) is -4.89. The Morgan fingerprint density at radius 2 is 1.88 bits per heavy atom. The topological polar surface area (TPSA) is 100 Å². The molecule has 1 spiro atoms. The molecule has 1 N–H and O–H groups in total. The molecule has 2 aliphatic heterocycles. The van der Waals surface area contributed by atoms with E-state index in [1.165, 1.54) is 0 Å². The molecule has 3 rings (SSSR count). The van der Waals surface area contributed by atoms with Gasteiger partial charge < -0.3 is 9.84 Å². The maximum Gasteiger partial charge on any atom is 0.511 e. The summed E-state index contributed by atoms with van der Waals surface area (Å²) in [7, 11) is -3.40. The van der Waals surface area contributed by atoms with Crippen molar-refractivity contribution >= 4 is 27.3 Å². The fraction of sp³-hybridized carbons (Fsp3) is 0.765. The molecular weight excluding hydrogens is 504 g/mol. The number of aromatic nitrogens is 1. The van der Waals surface area contributed by atoms with Crippen LogP contribution in [0.15, 0.2) is 5.38 Å². The summed E-state index contributed by atoms with van der Waals surface area (Å²) in [5.74, 6) is -2.56. The Morgan fingerprint density at radius 1 is 1.30 bits per heavy atom. The number of carboxylic acids is 1. The van der Waals surface area contributed by atoms with Crippen LogP contribution < -0.4 is 0 Å². The fourth-order valence-electron chi connectivity index (χ4n) is 3.65. The Morgan fingerprint density at radius 3 is 2.33 bits per heavy atom. The summed E-state index contributed by atoms with van der Waals surface area (Å²) in [6.07, 6.45) is -3.58. The number of sulfonamides is 1. The molecule has 0 aliphatic carbocycles. The van der Waals surface area contributed by atoms with Crippen molar-refractivity contribution in [2.75, 3.05) is 33.3 Å². The number of hydrogen-bond acceptors (Lipinski definition) is 7. The summed E-state index contributed by atoms with van der Waals surface area (Å²) in [6, 6.07) is 0. The Hall–Kier alpha value is -1.49. The quantitative estimate of drug-likeness (QED) is 0.588. The number of halogens is 6. The number of aryl methyl sites for hydroxylation is 1. The molecule has 8 nitrogen and oxygen atoms in total. The first kappa shape index (κ1) is 27.8. The highest BCUT2D eigenvalue weighted by atomic mass is 32.2. The van der Waals surface area contributed by atoms with Gasteiger partial charge in [0, 0.05) is 24.0 Å². The molecule has 1 aromatic heterocycles. The molecule has 1 atom stereocenters. The monoisotopic (exact) mass is 527 g/mol. The van der Waals surface area contributed by atoms with Gasteiger partial charge in [-0.25, -0.2) is 18.2 Å². The lowest BCUT2D eigenvalue weighted by Gasteiger charge is -2.57. The predicted molar refractivity (Wildman–Crippen MR) is 105 cm³/mol. The maximum atomic E-state index is 12.7. The van der Waals surface area contributed by atoms with Crippen molar-refractivity contribution in [2.24, 2.45) is 5.92 Å². The van der Waals surface area contributed by atoms with Crippen LogP contribution in [-0.2, 0) is 26.2 Å². The van der Waals surface area contributed by atoms with Crippen LogP contribution in [0.5, 0.6) is 0 Å². The van der Waals surface area contributed by atoms with E-state index in [4.69, 9.17) is 14.6 Å². The van der Waals surface area contributed by atoms with Crippen molar-refractivity contribution < 1.29 is 49.4 Å². The number of likely N-dealkylation sites (tertiary alicyclic amines) is 1. The van der Waals surface area contributed by atoms with Crippen LogP contribution in [0.4, 0.5) is 26.3 Å². The molecule has 1 aromatic rings. The number of carbonyl (C=O) groups is 1. The minimum Gasteiger partial charge on any atom is -0.475 e. The second-order valence-electron chi connectivity index (χ2n) is 7.90. The number of thiazole rings is 1. The Balaban J connectivity index is 0.000000479. The number of nitrogens with zero attached hydrogens (tertiary/aromatic N) is 3. The van der Waals surface area contributed by atoms with E-state index in [0.717, 1.165) is 17.1 Å². The van der Waals surface area contributed by atoms with Crippen molar-refractivity contribution in [3.8, 4) is 0 Å². The Bertz CT molecular complexity index is 928. The number of likely N-dealkylation sites (N-methyl/N-ethyl adjacent to an activating group) is 1. The molecule has 1 unspecified atom stereocenters. The first-order chi connectivity index (χ1) is 15.0. The van der Waals surface area contributed by atoms with E-state index in [0.29, 0.717) is 30.5 Å². The highest BCUT2D eigenvalue weighted by Gasteiger charge is 2.60. The SMILES string of the molecule is Cc1nc(COCC2CCN(C)C3(C2)CN(S(=O)(=O)C(F)(F)F)C3)cs1.O=C(O)C(F)(F)F. The number of hydrogen-bond donors (Lipinski definition) is 1. The van der Waals surface area contributed by atoms with Gasteiger partial charge in [0.25, 0.3) is 0 Å². The summed E-state index contributed by atoms with van der Waals surface area (Å²) >= 11 is 1.56. The average molecular weight is 528 g/mol. The molecule has 0 aromatic carbocycles. The van der Waals surface area contributed by atoms with Gasteiger partial charge in [-0.3, -0.25) is 4.90 Å². The van der Waals surface area contributed by atoms with E-state index < -0.39 is 33.2 Å². The number of piperidine rings is 1. The highest BCUT2D eigenvalue weighted by Crippen LogP contribution is 2.42. The predicted octanol–water partition coefficient (Wildman–Crippen LogP) is 2.85. The molecule has 0 saturated carbocycles. The molecule has 0 radical (unpaired) electrons. The number of alkyl halides is 6. The zero-order valence-corrected chi connectivity index (χ0v) is 19.2. The smallest absolute Gasteiger partial charge is 0.475 e. The van der Waals surface area contributed by atoms with Crippen molar-refractivity contribution in [3.05, 3.63) is 16.1 Å². The minimum absolute atomic E-state index is 0.118. The lowest BCUT2D eigenvalue weighted by atomic mass is 9.77. The number of rotatable bonds is 5. The van der Waals surface area contributed by atoms with Gasteiger partial charge in [-0.1, -0.05) is 0 Å². The summed E-state index contributed by atoms with van der Waals surface area (Å²) < 4.78 is 99.1. The van der Waals surface area contributed by atoms with E-state index >= 15 is 0 Å². The molecule has 33 heavy (non-hydrogen) atoms. The molecule has 2 fully saturated rings. The molecule has 0 amide bonds. The third-order valence-electron chi connectivity index (χ3n) is 5.44. The van der Waals surface area contributed by atoms with Gasteiger partial charge in [0.15, 0.2) is 0 Å². The van der Waals surface area contributed by atoms with E-state index in [2.05, 4.69) is 4.98 Å². The molecule has 16 heteroatoms. The lowest BCUT2D eigenvalue weighted by Crippen LogP contribution is -2.73. The second kappa shape index (κ2) is 10.0. The Labute approximate surface area is 190 Å². The van der Waals surface area contributed by atoms with Crippen LogP contribution in [0.1, 0.15) is 23.5 Å². The van der Waals surface area contributed by atoms with Crippen LogP contribution >= 0.6 is 11.3 Å². The van der Waals surface area contributed by atoms with Gasteiger partial charge >= 0.3 is 27.7 Å². The van der Waals surface area contributed by atoms with E-state index in [-0.39, 0.29) is 19.0 Å². The van der Waals surface area contributed by atoms with Crippen molar-refractivity contribution in [1.29, 1.82) is 0 Å². The van der Waals surface area contributed by atoms with E-state index in [1.54, 1.807) is 11.3 Å². The van der Waals surface area contributed by atoms with Crippen LogP contribution in [0, 0.1) is 12.8 Å². The summed E-state index contributed by atoms with van der Waals surface area (Å²) in [4.78, 5) is 15.2. The van der Waals surface area contributed by atoms with Crippen molar-refractivity contribution in [1.82, 2.24) is 14.2 Å². The van der Waals surface area contributed by atoms with Crippen LogP contribution in [-0.4, -0.2) is 84.2 Å². The Kier molecular flexibility index (Phi) is 8.42. The maximum absolute atomic E-state index is 12.7. The normalized spacial score (nSPS) is 21.9. The summed E-state index contributed by atoms with van der Waals surface area (Å²) in [5, 5.41) is 10.0. The first-order valence-electron chi connectivity index (χ1n) is 9.54. The molecular formula is C17H23F6N3O5S2. The molecule has 2 aliphatic rings. The van der Waals surface area contributed by atoms with Crippen LogP contribution in [0.25, 0.3) is 0 Å². The van der Waals surface area contributed by atoms with Gasteiger partial charge in [-0.05, 0) is 39.3 Å². The van der Waals surface area contributed by atoms with Crippen LogP contribution in [0.2, 0.25) is 0 Å². The molecule has 0 bridgehead atoms. The first-order valence-corrected chi connectivity index (χ1v) is 11.9. The number of ether oxygens (including phenoxy) is 1. The fourth-order valence-corrected chi connectivity index (χ4v) is 5.36. The molecule has 2 saturated heterocycles. The van der Waals surface area contributed by atoms with Crippen molar-refractivity contribution in [2.45, 2.75) is 43.6 Å². The molecule has 190 valence electrons. The lowest BCUT2D eigenvalue weighted by molar-refractivity contribution is -0.192. The highest BCUT2D eigenvalue weighted by molar-refractivity contribution is 7.90. The van der Waals surface area contributed by atoms with Gasteiger partial charge in [-0.15, -0.1) is 11.3 Å². The zero-order valence-electron chi connectivity index (χ0n) is 17.6. The second-order valence-corrected chi connectivity index (χ2v) is 10.9. The third kappa shape index (κ3) is 6.77. The number of carboxylic acid groups (broad SMARTS) is 1. The average Bonchev–Trinajstić information content (AvgIpc) is 3.05. The van der Waals surface area contributed by atoms with Crippen molar-refractivity contribution in [3.63, 3.8) is 0 Å². The van der Waals surface area contributed by atoms with Crippen LogP contribution in [0.3, 0.4) is 0 Å². The van der Waals surface area contributed by atoms with E-state index in [9.17, 15) is 34.8 Å². The standard InChI is InChI=1S/C15H22F3N3O3S2.C2HF3O2/c1-11-19-13(8-25-11)7-24-6-12-3-4-20(2)14(5-12)9-21(10-14)26(22,23)15(16,17)18;3-2(4,5)1(6)7/h8,12H,3-7,9-10H2,1-2H3;(H,6,7). The zero-order chi connectivity index (χ0) is 25.2. The summed E-state index contributed by atoms with van der Waals surface area (Å²) in [6.45, 7) is 3.31. The van der Waals surface area contributed by atoms with E-state index in [1.807, 2.05) is 24.3 Å². The van der Waals surface area contributed by atoms with Gasteiger partial charge in [0.1, 0.15) is 0 Å². The number of aliphatic carboxylic acids is 1. The third-order valence-corrected chi connectivity index (χ3v) is 7.78. The largest absolute Gasteiger partial charge is 0.511 e. The molecule has 3 heterocycles.